The third kappa shape index (κ3) is 2.41. The van der Waals surface area contributed by atoms with E-state index in [0.29, 0.717) is 17.3 Å². The topological polar surface area (TPSA) is 104 Å². The normalized spacial score (nSPS) is 10.6. The summed E-state index contributed by atoms with van der Waals surface area (Å²) < 4.78 is 3.21. The zero-order valence-corrected chi connectivity index (χ0v) is 12.2. The molecule has 0 atom stereocenters. The molecule has 0 aliphatic heterocycles. The number of aromatic nitrogens is 5. The first-order valence-corrected chi connectivity index (χ1v) is 6.64. The van der Waals surface area contributed by atoms with Gasteiger partial charge in [0.15, 0.2) is 0 Å². The number of hydrogen-bond acceptors (Lipinski definition) is 4. The summed E-state index contributed by atoms with van der Waals surface area (Å²) >= 11 is 0. The molecule has 0 unspecified atom stereocenters. The highest BCUT2D eigenvalue weighted by molar-refractivity contribution is 5.89. The largest absolute Gasteiger partial charge is 0.351 e. The average Bonchev–Trinajstić information content (AvgIpc) is 3.05. The van der Waals surface area contributed by atoms with Gasteiger partial charge in [-0.2, -0.15) is 5.10 Å². The van der Waals surface area contributed by atoms with E-state index >= 15 is 0 Å². The van der Waals surface area contributed by atoms with Gasteiger partial charge in [-0.1, -0.05) is 18.2 Å². The van der Waals surface area contributed by atoms with Crippen molar-refractivity contribution in [3.05, 3.63) is 42.2 Å². The van der Waals surface area contributed by atoms with Gasteiger partial charge < -0.3 is 5.73 Å². The van der Waals surface area contributed by atoms with Crippen molar-refractivity contribution in [2.24, 2.45) is 12.8 Å². The van der Waals surface area contributed by atoms with Crippen molar-refractivity contribution in [3.8, 4) is 17.2 Å². The lowest BCUT2D eigenvalue weighted by atomic mass is 10.2. The van der Waals surface area contributed by atoms with Crippen molar-refractivity contribution in [1.82, 2.24) is 24.5 Å². The number of nitrogens with one attached hydrogen (secondary N) is 1. The van der Waals surface area contributed by atoms with Gasteiger partial charge in [0.2, 0.25) is 5.82 Å². The molecule has 3 aromatic rings. The monoisotopic (exact) mass is 297 g/mol. The lowest BCUT2D eigenvalue weighted by Crippen LogP contribution is -2.21. The molecule has 0 bridgehead atoms. The highest BCUT2D eigenvalue weighted by Gasteiger charge is 2.20. The van der Waals surface area contributed by atoms with E-state index in [2.05, 4.69) is 20.5 Å². The van der Waals surface area contributed by atoms with Crippen LogP contribution in [0.1, 0.15) is 5.56 Å². The minimum absolute atomic E-state index is 0.488. The molecule has 0 fully saturated rings. The van der Waals surface area contributed by atoms with Crippen LogP contribution >= 0.6 is 0 Å². The van der Waals surface area contributed by atoms with Gasteiger partial charge in [0, 0.05) is 12.6 Å². The molecule has 0 aliphatic carbocycles. The number of amides is 2. The number of carbonyl (C=O) groups is 1. The number of carbonyl (C=O) groups excluding carboxylic acids is 1. The maximum absolute atomic E-state index is 11.3. The summed E-state index contributed by atoms with van der Waals surface area (Å²) in [7, 11) is 1.78. The molecule has 112 valence electrons. The molecule has 0 radical (unpaired) electrons. The minimum atomic E-state index is -0.652. The Labute approximate surface area is 126 Å². The van der Waals surface area contributed by atoms with Crippen LogP contribution < -0.4 is 11.1 Å². The number of urea groups is 1. The lowest BCUT2D eigenvalue weighted by molar-refractivity contribution is 0.259. The molecule has 0 spiro atoms. The number of nitrogens with two attached hydrogens (primary N) is 1. The first kappa shape index (κ1) is 13.8. The van der Waals surface area contributed by atoms with E-state index in [4.69, 9.17) is 5.73 Å². The van der Waals surface area contributed by atoms with Gasteiger partial charge in [-0.05, 0) is 19.1 Å². The van der Waals surface area contributed by atoms with Crippen LogP contribution in [0.15, 0.2) is 36.7 Å². The van der Waals surface area contributed by atoms with Crippen LogP contribution in [-0.2, 0) is 7.05 Å². The van der Waals surface area contributed by atoms with E-state index in [9.17, 15) is 4.79 Å². The molecule has 2 heterocycles. The smallest absolute Gasteiger partial charge is 0.317 e. The number of anilines is 1. The molecule has 8 nitrogen and oxygen atoms in total. The summed E-state index contributed by atoms with van der Waals surface area (Å²) in [5, 5.41) is 11.4. The fourth-order valence-electron chi connectivity index (χ4n) is 2.18. The van der Waals surface area contributed by atoms with Gasteiger partial charge in [0.25, 0.3) is 0 Å². The number of rotatable bonds is 3. The fraction of sp³-hybridized carbons (Fsp3) is 0.143. The summed E-state index contributed by atoms with van der Waals surface area (Å²) in [4.78, 5) is 15.5. The number of aryl methyl sites for hydroxylation is 1. The Bertz CT molecular complexity index is 819. The first-order chi connectivity index (χ1) is 10.6. The summed E-state index contributed by atoms with van der Waals surface area (Å²) in [5.74, 6) is 0.989. The number of primary amides is 1. The Morgan fingerprint density at radius 1 is 1.23 bits per heavy atom. The molecular formula is C14H15N7O. The summed E-state index contributed by atoms with van der Waals surface area (Å²) in [6, 6.07) is 8.80. The molecule has 2 aromatic heterocycles. The highest BCUT2D eigenvalue weighted by Crippen LogP contribution is 2.28. The standard InChI is InChI=1S/C14H15N7O/c1-9-11(12-16-8-20(2)19-12)18-21(13(9)17-14(15)22)10-6-4-3-5-7-10/h3-8H,1-2H3,(H3,15,17,22). The molecule has 22 heavy (non-hydrogen) atoms. The molecule has 3 N–H and O–H groups in total. The Morgan fingerprint density at radius 2 is 1.95 bits per heavy atom. The third-order valence-electron chi connectivity index (χ3n) is 3.18. The second-order valence-electron chi connectivity index (χ2n) is 4.80. The van der Waals surface area contributed by atoms with Crippen LogP contribution in [0, 0.1) is 6.92 Å². The molecule has 3 rings (SSSR count). The zero-order chi connectivity index (χ0) is 15.7. The number of nitrogens with zero attached hydrogens (tertiary/aromatic N) is 5. The first-order valence-electron chi connectivity index (χ1n) is 6.64. The fourth-order valence-corrected chi connectivity index (χ4v) is 2.18. The molecule has 8 heteroatoms. The van der Waals surface area contributed by atoms with Gasteiger partial charge in [-0.15, -0.1) is 5.10 Å². The van der Waals surface area contributed by atoms with Crippen molar-refractivity contribution in [1.29, 1.82) is 0 Å². The van der Waals surface area contributed by atoms with Crippen molar-refractivity contribution in [2.75, 3.05) is 5.32 Å². The quantitative estimate of drug-likeness (QED) is 0.763. The van der Waals surface area contributed by atoms with Gasteiger partial charge in [0.05, 0.1) is 5.69 Å². The van der Waals surface area contributed by atoms with Gasteiger partial charge in [-0.3, -0.25) is 10.00 Å². The molecular weight excluding hydrogens is 282 g/mol. The molecule has 0 saturated heterocycles. The van der Waals surface area contributed by atoms with Crippen molar-refractivity contribution in [2.45, 2.75) is 6.92 Å². The number of benzene rings is 1. The second-order valence-corrected chi connectivity index (χ2v) is 4.80. The maximum Gasteiger partial charge on any atom is 0.317 e. The Morgan fingerprint density at radius 3 is 2.55 bits per heavy atom. The van der Waals surface area contributed by atoms with Crippen molar-refractivity contribution in [3.63, 3.8) is 0 Å². The Hall–Kier alpha value is -3.16. The van der Waals surface area contributed by atoms with E-state index in [0.717, 1.165) is 11.3 Å². The van der Waals surface area contributed by atoms with Crippen LogP contribution in [0.2, 0.25) is 0 Å². The number of para-hydroxylation sites is 1. The SMILES string of the molecule is Cc1c(-c2ncn(C)n2)nn(-c2ccccc2)c1NC(N)=O. The van der Waals surface area contributed by atoms with Gasteiger partial charge >= 0.3 is 6.03 Å². The van der Waals surface area contributed by atoms with E-state index in [1.807, 2.05) is 37.3 Å². The van der Waals surface area contributed by atoms with Gasteiger partial charge in [0.1, 0.15) is 17.8 Å². The predicted molar refractivity (Wildman–Crippen MR) is 81.5 cm³/mol. The Kier molecular flexibility index (Phi) is 3.34. The molecule has 2 amide bonds. The van der Waals surface area contributed by atoms with E-state index < -0.39 is 6.03 Å². The lowest BCUT2D eigenvalue weighted by Gasteiger charge is -2.07. The molecule has 1 aromatic carbocycles. The Balaban J connectivity index is 2.18. The van der Waals surface area contributed by atoms with E-state index in [1.165, 1.54) is 0 Å². The maximum atomic E-state index is 11.3. The zero-order valence-electron chi connectivity index (χ0n) is 12.2. The van der Waals surface area contributed by atoms with Crippen molar-refractivity contribution < 1.29 is 4.79 Å². The van der Waals surface area contributed by atoms with Crippen LogP contribution in [0.3, 0.4) is 0 Å². The predicted octanol–water partition coefficient (Wildman–Crippen LogP) is 1.47. The third-order valence-corrected chi connectivity index (χ3v) is 3.18. The summed E-state index contributed by atoms with van der Waals surface area (Å²) in [6.07, 6.45) is 1.59. The van der Waals surface area contributed by atoms with Crippen LogP contribution in [-0.4, -0.2) is 30.6 Å². The van der Waals surface area contributed by atoms with Crippen LogP contribution in [0.25, 0.3) is 17.2 Å². The van der Waals surface area contributed by atoms with E-state index in [1.54, 1.807) is 22.7 Å². The summed E-state index contributed by atoms with van der Waals surface area (Å²) in [5.41, 5.74) is 7.40. The van der Waals surface area contributed by atoms with Crippen molar-refractivity contribution >= 4 is 11.8 Å². The van der Waals surface area contributed by atoms with Crippen LogP contribution in [0.4, 0.5) is 10.6 Å². The average molecular weight is 297 g/mol. The highest BCUT2D eigenvalue weighted by atomic mass is 16.2. The van der Waals surface area contributed by atoms with Gasteiger partial charge in [-0.25, -0.2) is 14.5 Å². The second kappa shape index (κ2) is 5.32. The molecule has 0 saturated carbocycles. The van der Waals surface area contributed by atoms with E-state index in [-0.39, 0.29) is 0 Å². The van der Waals surface area contributed by atoms with Crippen LogP contribution in [0.5, 0.6) is 0 Å². The number of hydrogen-bond donors (Lipinski definition) is 2. The summed E-state index contributed by atoms with van der Waals surface area (Å²) in [6.45, 7) is 1.84. The molecule has 0 aliphatic rings. The minimum Gasteiger partial charge on any atom is -0.351 e.